The maximum absolute atomic E-state index is 13.3. The molecule has 4 heterocycles. The highest BCUT2D eigenvalue weighted by molar-refractivity contribution is 6.23. The van der Waals surface area contributed by atoms with E-state index in [1.807, 2.05) is 12.1 Å². The Morgan fingerprint density at radius 2 is 1.75 bits per heavy atom. The molecule has 7 heteroatoms. The van der Waals surface area contributed by atoms with Gasteiger partial charge in [-0.3, -0.25) is 19.3 Å². The molecule has 4 aliphatic heterocycles. The van der Waals surface area contributed by atoms with Crippen LogP contribution in [0.3, 0.4) is 0 Å². The van der Waals surface area contributed by atoms with Crippen LogP contribution in [-0.2, 0) is 9.53 Å². The molecular formula is C25H33N3O4. The minimum Gasteiger partial charge on any atom is -0.376 e. The van der Waals surface area contributed by atoms with Gasteiger partial charge in [0.25, 0.3) is 11.8 Å². The lowest BCUT2D eigenvalue weighted by Crippen LogP contribution is -2.45. The second-order valence-electron chi connectivity index (χ2n) is 9.58. The van der Waals surface area contributed by atoms with Crippen LogP contribution in [0.15, 0.2) is 18.2 Å². The van der Waals surface area contributed by atoms with E-state index in [1.54, 1.807) is 6.07 Å². The number of amides is 3. The Kier molecular flexibility index (Phi) is 6.17. The molecule has 0 unspecified atom stereocenters. The highest BCUT2D eigenvalue weighted by Gasteiger charge is 2.41. The van der Waals surface area contributed by atoms with Crippen molar-refractivity contribution in [3.63, 3.8) is 0 Å². The van der Waals surface area contributed by atoms with Crippen molar-refractivity contribution in [1.82, 2.24) is 9.80 Å². The van der Waals surface area contributed by atoms with Crippen LogP contribution in [0.5, 0.6) is 0 Å². The molecule has 5 rings (SSSR count). The Labute approximate surface area is 189 Å². The van der Waals surface area contributed by atoms with Gasteiger partial charge in [0, 0.05) is 32.8 Å². The number of imide groups is 1. The van der Waals surface area contributed by atoms with Crippen molar-refractivity contribution in [3.8, 4) is 0 Å². The molecule has 3 amide bonds. The molecule has 32 heavy (non-hydrogen) atoms. The van der Waals surface area contributed by atoms with Gasteiger partial charge in [0.1, 0.15) is 0 Å². The zero-order valence-electron chi connectivity index (χ0n) is 18.8. The summed E-state index contributed by atoms with van der Waals surface area (Å²) in [6.07, 6.45) is 8.17. The Hall–Kier alpha value is -2.41. The lowest BCUT2D eigenvalue weighted by Gasteiger charge is -2.36. The topological polar surface area (TPSA) is 70.2 Å². The third-order valence-electron chi connectivity index (χ3n) is 7.42. The van der Waals surface area contributed by atoms with Gasteiger partial charge in [0.2, 0.25) is 5.91 Å². The number of carbonyl (C=O) groups is 3. The number of hydrogen-bond acceptors (Lipinski definition) is 5. The standard InChI is InChI=1S/C25H33N3O4/c29-23(26-12-3-1-2-4-13-26)18-8-6-14-27(16-18)21-11-5-10-20-22(21)25(31)28(24(20)30)17-19-9-7-15-32-19/h5,10-11,18-19H,1-4,6-9,12-17H2/t18-,19+/m1/s1. The van der Waals surface area contributed by atoms with Crippen molar-refractivity contribution >= 4 is 23.4 Å². The Balaban J connectivity index is 1.34. The molecule has 7 nitrogen and oxygen atoms in total. The van der Waals surface area contributed by atoms with Gasteiger partial charge in [-0.05, 0) is 50.7 Å². The molecule has 0 spiro atoms. The van der Waals surface area contributed by atoms with Crippen molar-refractivity contribution in [2.24, 2.45) is 5.92 Å². The lowest BCUT2D eigenvalue weighted by atomic mass is 9.94. The Morgan fingerprint density at radius 1 is 0.938 bits per heavy atom. The predicted octanol–water partition coefficient (Wildman–Crippen LogP) is 3.08. The molecule has 172 valence electrons. The smallest absolute Gasteiger partial charge is 0.263 e. The molecule has 0 bridgehead atoms. The van der Waals surface area contributed by atoms with Crippen molar-refractivity contribution in [1.29, 1.82) is 0 Å². The van der Waals surface area contributed by atoms with Gasteiger partial charge in [-0.1, -0.05) is 18.9 Å². The van der Waals surface area contributed by atoms with E-state index in [-0.39, 0.29) is 29.7 Å². The lowest BCUT2D eigenvalue weighted by molar-refractivity contribution is -0.135. The SMILES string of the molecule is O=C([C@@H]1CCCN(c2cccc3c2C(=O)N(C[C@@H]2CCCO2)C3=O)C1)N1CCCCCC1. The molecule has 1 aromatic carbocycles. The average molecular weight is 440 g/mol. The Morgan fingerprint density at radius 3 is 2.50 bits per heavy atom. The van der Waals surface area contributed by atoms with Crippen LogP contribution < -0.4 is 4.90 Å². The van der Waals surface area contributed by atoms with Gasteiger partial charge in [-0.2, -0.15) is 0 Å². The molecule has 3 saturated heterocycles. The van der Waals surface area contributed by atoms with E-state index in [0.29, 0.717) is 30.8 Å². The van der Waals surface area contributed by atoms with E-state index in [0.717, 1.165) is 63.8 Å². The first-order valence-corrected chi connectivity index (χ1v) is 12.3. The number of carbonyl (C=O) groups excluding carboxylic acids is 3. The monoisotopic (exact) mass is 439 g/mol. The highest BCUT2D eigenvalue weighted by atomic mass is 16.5. The molecule has 0 N–H and O–H groups in total. The molecule has 0 aliphatic carbocycles. The fraction of sp³-hybridized carbons (Fsp3) is 0.640. The van der Waals surface area contributed by atoms with Crippen LogP contribution in [0.4, 0.5) is 5.69 Å². The van der Waals surface area contributed by atoms with Gasteiger partial charge >= 0.3 is 0 Å². The summed E-state index contributed by atoms with van der Waals surface area (Å²) >= 11 is 0. The minimum atomic E-state index is -0.225. The zero-order valence-corrected chi connectivity index (χ0v) is 18.8. The quantitative estimate of drug-likeness (QED) is 0.675. The van der Waals surface area contributed by atoms with Crippen molar-refractivity contribution in [3.05, 3.63) is 29.3 Å². The van der Waals surface area contributed by atoms with Crippen LogP contribution in [0.1, 0.15) is 72.1 Å². The second-order valence-corrected chi connectivity index (χ2v) is 9.58. The van der Waals surface area contributed by atoms with E-state index < -0.39 is 0 Å². The fourth-order valence-electron chi connectivity index (χ4n) is 5.68. The zero-order chi connectivity index (χ0) is 22.1. The maximum atomic E-state index is 13.3. The molecule has 0 radical (unpaired) electrons. The summed E-state index contributed by atoms with van der Waals surface area (Å²) in [6.45, 7) is 4.15. The van der Waals surface area contributed by atoms with Crippen LogP contribution in [0, 0.1) is 5.92 Å². The molecule has 0 saturated carbocycles. The molecule has 2 atom stereocenters. The Bertz CT molecular complexity index is 887. The minimum absolute atomic E-state index is 0.0482. The predicted molar refractivity (Wildman–Crippen MR) is 121 cm³/mol. The fourth-order valence-corrected chi connectivity index (χ4v) is 5.68. The number of anilines is 1. The first-order chi connectivity index (χ1) is 15.6. The molecule has 1 aromatic rings. The van der Waals surface area contributed by atoms with Gasteiger partial charge in [-0.15, -0.1) is 0 Å². The molecule has 4 aliphatic rings. The number of nitrogens with zero attached hydrogens (tertiary/aromatic N) is 3. The molecule has 0 aromatic heterocycles. The van der Waals surface area contributed by atoms with Crippen LogP contribution in [-0.4, -0.2) is 73.0 Å². The third-order valence-corrected chi connectivity index (χ3v) is 7.42. The summed E-state index contributed by atoms with van der Waals surface area (Å²) in [5, 5.41) is 0. The maximum Gasteiger partial charge on any atom is 0.263 e. The largest absolute Gasteiger partial charge is 0.376 e. The average Bonchev–Trinajstić information content (AvgIpc) is 3.30. The van der Waals surface area contributed by atoms with E-state index in [1.165, 1.54) is 17.7 Å². The number of ether oxygens (including phenoxy) is 1. The van der Waals surface area contributed by atoms with Crippen LogP contribution in [0.25, 0.3) is 0 Å². The van der Waals surface area contributed by atoms with Gasteiger partial charge in [-0.25, -0.2) is 0 Å². The summed E-state index contributed by atoms with van der Waals surface area (Å²) in [4.78, 5) is 45.1. The van der Waals surface area contributed by atoms with E-state index in [9.17, 15) is 14.4 Å². The van der Waals surface area contributed by atoms with Crippen LogP contribution in [0.2, 0.25) is 0 Å². The summed E-state index contributed by atoms with van der Waals surface area (Å²) < 4.78 is 5.67. The summed E-state index contributed by atoms with van der Waals surface area (Å²) in [5.74, 6) is -0.242. The van der Waals surface area contributed by atoms with Crippen molar-refractivity contribution < 1.29 is 19.1 Å². The summed E-state index contributed by atoms with van der Waals surface area (Å²) in [7, 11) is 0. The molecular weight excluding hydrogens is 406 g/mol. The third kappa shape index (κ3) is 4.03. The molecule has 3 fully saturated rings. The summed E-state index contributed by atoms with van der Waals surface area (Å²) in [5.41, 5.74) is 1.77. The number of hydrogen-bond donors (Lipinski definition) is 0. The number of fused-ring (bicyclic) bond motifs is 1. The second kappa shape index (κ2) is 9.22. The van der Waals surface area contributed by atoms with Gasteiger partial charge in [0.15, 0.2) is 0 Å². The highest BCUT2D eigenvalue weighted by Crippen LogP contribution is 2.35. The normalized spacial score (nSPS) is 26.4. The van der Waals surface area contributed by atoms with E-state index in [4.69, 9.17) is 4.74 Å². The first kappa shape index (κ1) is 21.4. The number of likely N-dealkylation sites (tertiary alicyclic amines) is 1. The van der Waals surface area contributed by atoms with Gasteiger partial charge in [0.05, 0.1) is 35.4 Å². The number of benzene rings is 1. The number of rotatable bonds is 4. The summed E-state index contributed by atoms with van der Waals surface area (Å²) in [6, 6.07) is 5.53. The van der Waals surface area contributed by atoms with Crippen LogP contribution >= 0.6 is 0 Å². The van der Waals surface area contributed by atoms with Crippen molar-refractivity contribution in [2.45, 2.75) is 57.5 Å². The number of piperidine rings is 1. The van der Waals surface area contributed by atoms with Crippen molar-refractivity contribution in [2.75, 3.05) is 44.2 Å². The van der Waals surface area contributed by atoms with E-state index >= 15 is 0 Å². The van der Waals surface area contributed by atoms with E-state index in [2.05, 4.69) is 9.80 Å². The van der Waals surface area contributed by atoms with Gasteiger partial charge < -0.3 is 14.5 Å². The first-order valence-electron chi connectivity index (χ1n) is 12.3.